The lowest BCUT2D eigenvalue weighted by Gasteiger charge is -2.12. The Hall–Kier alpha value is -3.96. The molecule has 0 fully saturated rings. The quantitative estimate of drug-likeness (QED) is 0.362. The summed E-state index contributed by atoms with van der Waals surface area (Å²) >= 11 is 6.02. The summed E-state index contributed by atoms with van der Waals surface area (Å²) in [6.45, 7) is 3.52. The summed E-state index contributed by atoms with van der Waals surface area (Å²) in [5, 5.41) is 4.51. The van der Waals surface area contributed by atoms with Crippen molar-refractivity contribution in [2.24, 2.45) is 0 Å². The number of aryl methyl sites for hydroxylation is 2. The number of amides is 2. The van der Waals surface area contributed by atoms with Crippen molar-refractivity contribution in [2.45, 2.75) is 18.7 Å². The Labute approximate surface area is 200 Å². The Morgan fingerprint density at radius 3 is 2.47 bits per heavy atom. The predicted molar refractivity (Wildman–Crippen MR) is 126 cm³/mol. The predicted octanol–water partition coefficient (Wildman–Crippen LogP) is 2.88. The molecule has 174 valence electrons. The minimum Gasteiger partial charge on any atom is -0.278 e. The number of nitrogens with one attached hydrogen (secondary N) is 3. The molecule has 0 aliphatic carbocycles. The second-order valence-corrected chi connectivity index (χ2v) is 9.42. The second-order valence-electron chi connectivity index (χ2n) is 7.33. The number of fused-ring (bicyclic) bond motifs is 1. The van der Waals surface area contributed by atoms with Gasteiger partial charge in [-0.05, 0) is 44.2 Å². The summed E-state index contributed by atoms with van der Waals surface area (Å²) in [7, 11) is -4.01. The standard InChI is InChI=1S/C22H19ClN6O4S/c1-13-10-20-24-12-17(14(2)29(20)27-13)22(31)26-25-21(30)15-6-5-7-16(11-15)34(32,33)28-19-9-4-3-8-18(19)23/h3-12,28H,1-2H3,(H,25,30)(H,26,31). The number of anilines is 1. The second kappa shape index (κ2) is 9.12. The zero-order valence-corrected chi connectivity index (χ0v) is 19.6. The third-order valence-corrected chi connectivity index (χ3v) is 6.60. The van der Waals surface area contributed by atoms with Gasteiger partial charge in [0.05, 0.1) is 32.6 Å². The van der Waals surface area contributed by atoms with Crippen LogP contribution in [0.3, 0.4) is 0 Å². The van der Waals surface area contributed by atoms with Crippen molar-refractivity contribution in [3.63, 3.8) is 0 Å². The Balaban J connectivity index is 1.48. The van der Waals surface area contributed by atoms with Crippen molar-refractivity contribution in [1.82, 2.24) is 25.4 Å². The van der Waals surface area contributed by atoms with E-state index in [0.29, 0.717) is 11.3 Å². The number of hydrogen-bond acceptors (Lipinski definition) is 6. The normalized spacial score (nSPS) is 11.3. The smallest absolute Gasteiger partial charge is 0.273 e. The van der Waals surface area contributed by atoms with E-state index in [9.17, 15) is 18.0 Å². The van der Waals surface area contributed by atoms with Crippen LogP contribution in [0.15, 0.2) is 65.7 Å². The minimum absolute atomic E-state index is 0.0235. The molecule has 0 aliphatic rings. The zero-order valence-electron chi connectivity index (χ0n) is 18.0. The van der Waals surface area contributed by atoms with Crippen molar-refractivity contribution in [3.8, 4) is 0 Å². The molecule has 0 radical (unpaired) electrons. The number of halogens is 1. The van der Waals surface area contributed by atoms with Crippen LogP contribution >= 0.6 is 11.6 Å². The summed E-state index contributed by atoms with van der Waals surface area (Å²) in [6, 6.07) is 13.5. The Morgan fingerprint density at radius 1 is 0.971 bits per heavy atom. The summed E-state index contributed by atoms with van der Waals surface area (Å²) in [5.41, 5.74) is 6.94. The van der Waals surface area contributed by atoms with Gasteiger partial charge in [-0.25, -0.2) is 17.9 Å². The van der Waals surface area contributed by atoms with Crippen LogP contribution < -0.4 is 15.6 Å². The third-order valence-electron chi connectivity index (χ3n) is 4.91. The van der Waals surface area contributed by atoms with Crippen molar-refractivity contribution in [1.29, 1.82) is 0 Å². The number of rotatable bonds is 5. The van der Waals surface area contributed by atoms with Gasteiger partial charge in [0, 0.05) is 17.8 Å². The van der Waals surface area contributed by atoms with Gasteiger partial charge in [0.15, 0.2) is 5.65 Å². The van der Waals surface area contributed by atoms with Gasteiger partial charge in [-0.15, -0.1) is 0 Å². The van der Waals surface area contributed by atoms with Crippen LogP contribution in [0.25, 0.3) is 5.65 Å². The molecule has 0 aliphatic heterocycles. The molecule has 2 aromatic carbocycles. The molecule has 0 atom stereocenters. The highest BCUT2D eigenvalue weighted by atomic mass is 35.5. The molecule has 0 spiro atoms. The fourth-order valence-electron chi connectivity index (χ4n) is 3.19. The molecule has 0 unspecified atom stereocenters. The first-order chi connectivity index (χ1) is 16.2. The molecule has 4 rings (SSSR count). The molecular formula is C22H19ClN6O4S. The van der Waals surface area contributed by atoms with E-state index in [4.69, 9.17) is 11.6 Å². The van der Waals surface area contributed by atoms with Crippen molar-refractivity contribution in [2.75, 3.05) is 4.72 Å². The number of aromatic nitrogens is 3. The maximum atomic E-state index is 12.7. The van der Waals surface area contributed by atoms with E-state index in [-0.39, 0.29) is 26.7 Å². The van der Waals surface area contributed by atoms with E-state index in [2.05, 4.69) is 25.7 Å². The number of para-hydroxylation sites is 1. The number of nitrogens with zero attached hydrogens (tertiary/aromatic N) is 3. The van der Waals surface area contributed by atoms with E-state index >= 15 is 0 Å². The van der Waals surface area contributed by atoms with E-state index in [0.717, 1.165) is 5.69 Å². The first-order valence-electron chi connectivity index (χ1n) is 9.96. The van der Waals surface area contributed by atoms with Crippen molar-refractivity contribution >= 4 is 44.8 Å². The van der Waals surface area contributed by atoms with Crippen LogP contribution in [0.2, 0.25) is 5.02 Å². The average molecular weight is 499 g/mol. The molecule has 2 heterocycles. The summed E-state index contributed by atoms with van der Waals surface area (Å²) in [5.74, 6) is -1.30. The Bertz CT molecular complexity index is 1530. The number of carbonyl (C=O) groups excluding carboxylic acids is 2. The number of benzene rings is 2. The van der Waals surface area contributed by atoms with Crippen LogP contribution in [-0.2, 0) is 10.0 Å². The number of carbonyl (C=O) groups is 2. The molecule has 2 amide bonds. The van der Waals surface area contributed by atoms with Crippen LogP contribution in [0.5, 0.6) is 0 Å². The lowest BCUT2D eigenvalue weighted by atomic mass is 10.2. The summed E-state index contributed by atoms with van der Waals surface area (Å²) in [4.78, 5) is 29.2. The molecule has 4 aromatic rings. The molecule has 2 aromatic heterocycles. The first-order valence-corrected chi connectivity index (χ1v) is 11.8. The highest BCUT2D eigenvalue weighted by molar-refractivity contribution is 7.92. The van der Waals surface area contributed by atoms with E-state index in [1.165, 1.54) is 41.0 Å². The third kappa shape index (κ3) is 4.70. The molecule has 3 N–H and O–H groups in total. The molecule has 34 heavy (non-hydrogen) atoms. The number of sulfonamides is 1. The van der Waals surface area contributed by atoms with Gasteiger partial charge in [-0.2, -0.15) is 5.10 Å². The summed E-state index contributed by atoms with van der Waals surface area (Å²) < 4.78 is 29.4. The Kier molecular flexibility index (Phi) is 6.22. The highest BCUT2D eigenvalue weighted by Gasteiger charge is 2.19. The van der Waals surface area contributed by atoms with E-state index < -0.39 is 21.8 Å². The largest absolute Gasteiger partial charge is 0.278 e. The summed E-state index contributed by atoms with van der Waals surface area (Å²) in [6.07, 6.45) is 1.39. The SMILES string of the molecule is Cc1cc2ncc(C(=O)NNC(=O)c3cccc(S(=O)(=O)Nc4ccccc4Cl)c3)c(C)n2n1. The van der Waals surface area contributed by atoms with Gasteiger partial charge >= 0.3 is 0 Å². The van der Waals surface area contributed by atoms with Crippen LogP contribution in [-0.4, -0.2) is 34.8 Å². The number of hydrazine groups is 1. The van der Waals surface area contributed by atoms with Crippen LogP contribution in [0.1, 0.15) is 32.1 Å². The first kappa shape index (κ1) is 23.2. The van der Waals surface area contributed by atoms with E-state index in [1.807, 2.05) is 6.92 Å². The average Bonchev–Trinajstić information content (AvgIpc) is 3.20. The number of hydrogen-bond donors (Lipinski definition) is 3. The Morgan fingerprint density at radius 2 is 1.71 bits per heavy atom. The van der Waals surface area contributed by atoms with Gasteiger partial charge in [0.25, 0.3) is 21.8 Å². The topological polar surface area (TPSA) is 135 Å². The monoisotopic (exact) mass is 498 g/mol. The van der Waals surface area contributed by atoms with Gasteiger partial charge in [-0.3, -0.25) is 25.2 Å². The molecule has 10 nitrogen and oxygen atoms in total. The van der Waals surface area contributed by atoms with E-state index in [1.54, 1.807) is 31.2 Å². The van der Waals surface area contributed by atoms with Gasteiger partial charge in [0.1, 0.15) is 0 Å². The maximum absolute atomic E-state index is 12.7. The zero-order chi connectivity index (χ0) is 24.5. The van der Waals surface area contributed by atoms with Crippen molar-refractivity contribution < 1.29 is 18.0 Å². The molecule has 0 bridgehead atoms. The van der Waals surface area contributed by atoms with Gasteiger partial charge in [0.2, 0.25) is 0 Å². The maximum Gasteiger partial charge on any atom is 0.273 e. The van der Waals surface area contributed by atoms with Crippen LogP contribution in [0.4, 0.5) is 5.69 Å². The molecule has 12 heteroatoms. The van der Waals surface area contributed by atoms with Crippen LogP contribution in [0, 0.1) is 13.8 Å². The highest BCUT2D eigenvalue weighted by Crippen LogP contribution is 2.24. The molecular weight excluding hydrogens is 480 g/mol. The molecule has 0 saturated heterocycles. The fraction of sp³-hybridized carbons (Fsp3) is 0.0909. The lowest BCUT2D eigenvalue weighted by molar-refractivity contribution is 0.0845. The minimum atomic E-state index is -4.01. The lowest BCUT2D eigenvalue weighted by Crippen LogP contribution is -2.42. The van der Waals surface area contributed by atoms with Gasteiger partial charge in [-0.1, -0.05) is 29.8 Å². The fourth-order valence-corrected chi connectivity index (χ4v) is 4.56. The van der Waals surface area contributed by atoms with Gasteiger partial charge < -0.3 is 0 Å². The molecule has 0 saturated carbocycles. The van der Waals surface area contributed by atoms with Crippen molar-refractivity contribution in [3.05, 3.63) is 88.3 Å².